The number of benzene rings is 1. The zero-order chi connectivity index (χ0) is 21.6. The van der Waals surface area contributed by atoms with E-state index in [1.165, 1.54) is 23.8 Å². The van der Waals surface area contributed by atoms with Gasteiger partial charge in [-0.2, -0.15) is 0 Å². The molecule has 29 heavy (non-hydrogen) atoms. The van der Waals surface area contributed by atoms with Crippen LogP contribution in [-0.4, -0.2) is 29.9 Å². The Hall–Kier alpha value is -2.67. The Bertz CT molecular complexity index is 876. The molecule has 2 rings (SSSR count). The molecule has 0 fully saturated rings. The van der Waals surface area contributed by atoms with Gasteiger partial charge in [0.05, 0.1) is 5.56 Å². The van der Waals surface area contributed by atoms with Gasteiger partial charge in [0.15, 0.2) is 6.10 Å². The Kier molecular flexibility index (Phi) is 7.96. The van der Waals surface area contributed by atoms with Crippen LogP contribution in [0.2, 0.25) is 0 Å². The summed E-state index contributed by atoms with van der Waals surface area (Å²) in [5, 5.41) is 6.00. The fourth-order valence-corrected chi connectivity index (χ4v) is 3.95. The van der Waals surface area contributed by atoms with Crippen molar-refractivity contribution in [3.05, 3.63) is 51.9 Å². The average Bonchev–Trinajstić information content (AvgIpc) is 2.93. The molecule has 0 spiro atoms. The summed E-state index contributed by atoms with van der Waals surface area (Å²) in [6.07, 6.45) is 0.696. The van der Waals surface area contributed by atoms with E-state index in [2.05, 4.69) is 22.8 Å². The molecule has 2 atom stereocenters. The minimum atomic E-state index is -0.938. The number of nitrogens with one attached hydrogen (secondary N) is 2. The topological polar surface area (TPSA) is 84.5 Å². The second-order valence-corrected chi connectivity index (χ2v) is 8.37. The molecule has 2 amide bonds. The molecule has 1 aromatic carbocycles. The molecule has 0 saturated heterocycles. The molecule has 156 valence electrons. The summed E-state index contributed by atoms with van der Waals surface area (Å²) in [6, 6.07) is 10.0. The molecule has 0 aliphatic heterocycles. The van der Waals surface area contributed by atoms with E-state index in [-0.39, 0.29) is 17.9 Å². The molecular formula is C22H28N2O4S. The van der Waals surface area contributed by atoms with Crippen molar-refractivity contribution >= 4 is 34.1 Å². The Labute approximate surface area is 175 Å². The van der Waals surface area contributed by atoms with Crippen LogP contribution in [0.25, 0.3) is 0 Å². The van der Waals surface area contributed by atoms with Crippen molar-refractivity contribution in [1.29, 1.82) is 0 Å². The first-order valence-corrected chi connectivity index (χ1v) is 10.4. The van der Waals surface area contributed by atoms with E-state index in [4.69, 9.17) is 4.74 Å². The molecule has 0 unspecified atom stereocenters. The lowest BCUT2D eigenvalue weighted by atomic mass is 10.1. The Morgan fingerprint density at radius 3 is 2.38 bits per heavy atom. The summed E-state index contributed by atoms with van der Waals surface area (Å²) >= 11 is 1.31. The van der Waals surface area contributed by atoms with Gasteiger partial charge in [-0.05, 0) is 51.7 Å². The molecule has 6 nitrogen and oxygen atoms in total. The molecule has 7 heteroatoms. The number of carbonyl (C=O) groups is 3. The van der Waals surface area contributed by atoms with Gasteiger partial charge >= 0.3 is 5.97 Å². The number of amides is 2. The van der Waals surface area contributed by atoms with Crippen molar-refractivity contribution in [2.24, 2.45) is 0 Å². The maximum atomic E-state index is 12.6. The molecule has 0 radical (unpaired) electrons. The molecule has 1 heterocycles. The van der Waals surface area contributed by atoms with Gasteiger partial charge in [-0.3, -0.25) is 9.59 Å². The van der Waals surface area contributed by atoms with Crippen LogP contribution in [0.15, 0.2) is 30.3 Å². The van der Waals surface area contributed by atoms with Gasteiger partial charge in [0.2, 0.25) is 5.91 Å². The summed E-state index contributed by atoms with van der Waals surface area (Å²) in [5.41, 5.74) is 2.26. The number of esters is 1. The molecule has 0 bridgehead atoms. The van der Waals surface area contributed by atoms with Crippen LogP contribution in [0.3, 0.4) is 0 Å². The van der Waals surface area contributed by atoms with Crippen LogP contribution in [0.4, 0.5) is 5.00 Å². The summed E-state index contributed by atoms with van der Waals surface area (Å²) < 4.78 is 5.38. The Morgan fingerprint density at radius 1 is 1.10 bits per heavy atom. The minimum Gasteiger partial charge on any atom is -0.449 e. The van der Waals surface area contributed by atoms with E-state index >= 15 is 0 Å². The number of thiophene rings is 1. The monoisotopic (exact) mass is 416 g/mol. The Balaban J connectivity index is 1.93. The molecular weight excluding hydrogens is 388 g/mol. The smallest absolute Gasteiger partial charge is 0.342 e. The fraction of sp³-hybridized carbons (Fsp3) is 0.409. The van der Waals surface area contributed by atoms with E-state index in [0.717, 1.165) is 23.3 Å². The van der Waals surface area contributed by atoms with Crippen LogP contribution in [-0.2, 0) is 20.7 Å². The van der Waals surface area contributed by atoms with Crippen LogP contribution in [0.1, 0.15) is 53.6 Å². The molecule has 0 saturated carbocycles. The summed E-state index contributed by atoms with van der Waals surface area (Å²) in [7, 11) is 0. The van der Waals surface area contributed by atoms with Crippen molar-refractivity contribution in [1.82, 2.24) is 5.32 Å². The zero-order valence-electron chi connectivity index (χ0n) is 17.5. The molecule has 1 aromatic heterocycles. The van der Waals surface area contributed by atoms with Crippen molar-refractivity contribution in [3.8, 4) is 0 Å². The van der Waals surface area contributed by atoms with E-state index in [9.17, 15) is 14.4 Å². The van der Waals surface area contributed by atoms with Crippen LogP contribution >= 0.6 is 11.3 Å². The highest BCUT2D eigenvalue weighted by atomic mass is 32.1. The predicted octanol–water partition coefficient (Wildman–Crippen LogP) is 4.01. The van der Waals surface area contributed by atoms with Crippen LogP contribution in [0, 0.1) is 13.8 Å². The standard InChI is InChI=1S/C22H28N2O4S/c1-13(11-12-18-9-7-6-8-10-18)23-20(26)15(3)28-22(27)19-14(2)16(4)29-21(19)24-17(5)25/h6-10,13,15H,11-12H2,1-5H3,(H,23,26)(H,24,25)/t13-,15-/m0/s1. The first-order valence-electron chi connectivity index (χ1n) is 9.61. The lowest BCUT2D eigenvalue weighted by molar-refractivity contribution is -0.129. The third-order valence-corrected chi connectivity index (χ3v) is 5.75. The maximum Gasteiger partial charge on any atom is 0.342 e. The predicted molar refractivity (Wildman–Crippen MR) is 115 cm³/mol. The van der Waals surface area contributed by atoms with Gasteiger partial charge < -0.3 is 15.4 Å². The van der Waals surface area contributed by atoms with Crippen LogP contribution in [0.5, 0.6) is 0 Å². The third-order valence-electron chi connectivity index (χ3n) is 4.63. The van der Waals surface area contributed by atoms with E-state index < -0.39 is 12.1 Å². The van der Waals surface area contributed by atoms with E-state index in [0.29, 0.717) is 10.6 Å². The van der Waals surface area contributed by atoms with Crippen molar-refractivity contribution in [3.63, 3.8) is 0 Å². The lowest BCUT2D eigenvalue weighted by Gasteiger charge is -2.18. The number of hydrogen-bond donors (Lipinski definition) is 2. The zero-order valence-corrected chi connectivity index (χ0v) is 18.3. The molecule has 2 aromatic rings. The largest absolute Gasteiger partial charge is 0.449 e. The Morgan fingerprint density at radius 2 is 1.76 bits per heavy atom. The fourth-order valence-electron chi connectivity index (χ4n) is 2.85. The van der Waals surface area contributed by atoms with Gasteiger partial charge in [0.25, 0.3) is 5.91 Å². The highest BCUT2D eigenvalue weighted by Gasteiger charge is 2.26. The van der Waals surface area contributed by atoms with Crippen LogP contribution < -0.4 is 10.6 Å². The SMILES string of the molecule is CC(=O)Nc1sc(C)c(C)c1C(=O)O[C@@H](C)C(=O)N[C@@H](C)CCc1ccccc1. The summed E-state index contributed by atoms with van der Waals surface area (Å²) in [4.78, 5) is 37.4. The first kappa shape index (κ1) is 22.6. The number of carbonyl (C=O) groups excluding carboxylic acids is 3. The maximum absolute atomic E-state index is 12.6. The highest BCUT2D eigenvalue weighted by Crippen LogP contribution is 2.33. The average molecular weight is 417 g/mol. The highest BCUT2D eigenvalue weighted by molar-refractivity contribution is 7.16. The van der Waals surface area contributed by atoms with Gasteiger partial charge in [-0.1, -0.05) is 30.3 Å². The first-order chi connectivity index (χ1) is 13.7. The second kappa shape index (κ2) is 10.2. The van der Waals surface area contributed by atoms with Gasteiger partial charge in [0.1, 0.15) is 5.00 Å². The summed E-state index contributed by atoms with van der Waals surface area (Å²) in [6.45, 7) is 8.52. The minimum absolute atomic E-state index is 0.0519. The van der Waals surface area contributed by atoms with Crippen molar-refractivity contribution in [2.75, 3.05) is 5.32 Å². The number of aryl methyl sites for hydroxylation is 2. The van der Waals surface area contributed by atoms with Gasteiger partial charge in [0, 0.05) is 17.8 Å². The normalized spacial score (nSPS) is 12.7. The number of anilines is 1. The number of rotatable bonds is 8. The summed E-state index contributed by atoms with van der Waals surface area (Å²) in [5.74, 6) is -1.22. The molecule has 0 aliphatic carbocycles. The number of hydrogen-bond acceptors (Lipinski definition) is 5. The van der Waals surface area contributed by atoms with Gasteiger partial charge in [-0.25, -0.2) is 4.79 Å². The quantitative estimate of drug-likeness (QED) is 0.637. The van der Waals surface area contributed by atoms with E-state index in [1.54, 1.807) is 13.8 Å². The van der Waals surface area contributed by atoms with Gasteiger partial charge in [-0.15, -0.1) is 11.3 Å². The van der Waals surface area contributed by atoms with Crippen molar-refractivity contribution in [2.45, 2.75) is 59.6 Å². The van der Waals surface area contributed by atoms with Crippen molar-refractivity contribution < 1.29 is 19.1 Å². The third kappa shape index (κ3) is 6.42. The van der Waals surface area contributed by atoms with E-state index in [1.807, 2.05) is 32.0 Å². The molecule has 2 N–H and O–H groups in total. The lowest BCUT2D eigenvalue weighted by Crippen LogP contribution is -2.41. The number of ether oxygens (including phenoxy) is 1. The second-order valence-electron chi connectivity index (χ2n) is 7.15. The molecule has 0 aliphatic rings.